The van der Waals surface area contributed by atoms with Gasteiger partial charge in [-0.15, -0.1) is 0 Å². The lowest BCUT2D eigenvalue weighted by molar-refractivity contribution is -0.0516. The van der Waals surface area contributed by atoms with Crippen LogP contribution >= 0.6 is 11.6 Å². The van der Waals surface area contributed by atoms with Crippen LogP contribution in [0.3, 0.4) is 0 Å². The van der Waals surface area contributed by atoms with Gasteiger partial charge < -0.3 is 5.32 Å². The molecule has 1 aromatic heterocycles. The number of nitrogens with one attached hydrogen (secondary N) is 2. The molecule has 2 fully saturated rings. The Bertz CT molecular complexity index is 1410. The highest BCUT2D eigenvalue weighted by molar-refractivity contribution is 6.33. The number of rotatable bonds is 5. The van der Waals surface area contributed by atoms with Gasteiger partial charge in [0.25, 0.3) is 11.5 Å². The molecule has 1 saturated heterocycles. The summed E-state index contributed by atoms with van der Waals surface area (Å²) in [6, 6.07) is 11.9. The van der Waals surface area contributed by atoms with Gasteiger partial charge in [0.1, 0.15) is 0 Å². The van der Waals surface area contributed by atoms with Crippen LogP contribution in [0.2, 0.25) is 5.02 Å². The minimum atomic E-state index is -2.56. The highest BCUT2D eigenvalue weighted by Crippen LogP contribution is 2.36. The van der Waals surface area contributed by atoms with Gasteiger partial charge in [-0.25, -0.2) is 13.6 Å². The first-order valence-electron chi connectivity index (χ1n) is 12.1. The number of carbonyl (C=O) groups is 1. The van der Waals surface area contributed by atoms with Crippen molar-refractivity contribution in [3.8, 4) is 0 Å². The molecule has 190 valence electrons. The number of alkyl halides is 2. The molecular formula is C26H27ClF2N4O3. The molecule has 1 amide bonds. The van der Waals surface area contributed by atoms with Crippen molar-refractivity contribution in [1.82, 2.24) is 19.8 Å². The number of nitrogens with zero attached hydrogens (tertiary/aromatic N) is 2. The summed E-state index contributed by atoms with van der Waals surface area (Å²) >= 11 is 6.35. The smallest absolute Gasteiger partial charge is 0.329 e. The van der Waals surface area contributed by atoms with Crippen molar-refractivity contribution in [2.45, 2.75) is 56.7 Å². The normalized spacial score (nSPS) is 20.6. The first-order chi connectivity index (χ1) is 17.2. The van der Waals surface area contributed by atoms with Crippen LogP contribution < -0.4 is 16.6 Å². The summed E-state index contributed by atoms with van der Waals surface area (Å²) in [5.74, 6) is -2.87. The van der Waals surface area contributed by atoms with Crippen LogP contribution in [0.1, 0.15) is 48.0 Å². The maximum atomic E-state index is 13.5. The van der Waals surface area contributed by atoms with E-state index in [0.29, 0.717) is 46.4 Å². The van der Waals surface area contributed by atoms with Crippen molar-refractivity contribution < 1.29 is 13.6 Å². The number of hydrogen-bond acceptors (Lipinski definition) is 4. The molecule has 2 heterocycles. The molecule has 5 rings (SSSR count). The van der Waals surface area contributed by atoms with Crippen molar-refractivity contribution in [3.05, 3.63) is 79.5 Å². The third-order valence-electron chi connectivity index (χ3n) is 7.28. The van der Waals surface area contributed by atoms with Crippen molar-refractivity contribution in [2.75, 3.05) is 13.1 Å². The van der Waals surface area contributed by atoms with Gasteiger partial charge in [-0.3, -0.25) is 24.0 Å². The quantitative estimate of drug-likeness (QED) is 0.540. The molecular weight excluding hydrogens is 490 g/mol. The monoisotopic (exact) mass is 516 g/mol. The molecule has 0 radical (unpaired) electrons. The first kappa shape index (κ1) is 24.6. The predicted molar refractivity (Wildman–Crippen MR) is 134 cm³/mol. The Morgan fingerprint density at radius 2 is 1.86 bits per heavy atom. The van der Waals surface area contributed by atoms with Gasteiger partial charge in [0.2, 0.25) is 5.92 Å². The molecule has 2 N–H and O–H groups in total. The van der Waals surface area contributed by atoms with Crippen LogP contribution in [0.15, 0.2) is 52.1 Å². The zero-order valence-electron chi connectivity index (χ0n) is 19.6. The summed E-state index contributed by atoms with van der Waals surface area (Å²) in [6.45, 7) is 1.53. The molecule has 2 aromatic carbocycles. The Morgan fingerprint density at radius 3 is 2.64 bits per heavy atom. The summed E-state index contributed by atoms with van der Waals surface area (Å²) in [7, 11) is 0. The number of benzene rings is 2. The SMILES string of the molecule is O=C(NC1CCN(C2CCC(F)(F)CC2)C1)c1cc(Cn2c(=O)[nH]c(=O)c3ccccc32)ccc1Cl. The molecule has 1 aliphatic carbocycles. The summed E-state index contributed by atoms with van der Waals surface area (Å²) < 4.78 is 28.5. The minimum Gasteiger partial charge on any atom is -0.348 e. The Hall–Kier alpha value is -3.04. The Kier molecular flexibility index (Phi) is 6.70. The lowest BCUT2D eigenvalue weighted by Gasteiger charge is -2.34. The van der Waals surface area contributed by atoms with E-state index >= 15 is 0 Å². The van der Waals surface area contributed by atoms with Crippen LogP contribution in [0.25, 0.3) is 10.9 Å². The largest absolute Gasteiger partial charge is 0.348 e. The molecule has 1 unspecified atom stereocenters. The van der Waals surface area contributed by atoms with E-state index < -0.39 is 17.2 Å². The molecule has 3 aromatic rings. The number of para-hydroxylation sites is 1. The molecule has 1 saturated carbocycles. The van der Waals surface area contributed by atoms with Crippen LogP contribution in [0.4, 0.5) is 8.78 Å². The summed E-state index contributed by atoms with van der Waals surface area (Å²) in [4.78, 5) is 42.3. The van der Waals surface area contributed by atoms with Crippen molar-refractivity contribution in [3.63, 3.8) is 0 Å². The number of halogens is 3. The lowest BCUT2D eigenvalue weighted by atomic mass is 9.91. The van der Waals surface area contributed by atoms with E-state index in [1.165, 1.54) is 4.57 Å². The Balaban J connectivity index is 1.29. The second-order valence-electron chi connectivity index (χ2n) is 9.72. The zero-order valence-corrected chi connectivity index (χ0v) is 20.4. The maximum absolute atomic E-state index is 13.5. The standard InChI is InChI=1S/C26H27ClF2N4O3/c27-21-6-5-16(14-33-22-4-2-1-3-19(22)23(34)31-25(33)36)13-20(21)24(35)30-17-9-12-32(15-17)18-7-10-26(28,29)11-8-18/h1-6,13,17-18H,7-12,14-15H2,(H,30,35)(H,31,34,36). The van der Waals surface area contributed by atoms with Crippen molar-refractivity contribution in [1.29, 1.82) is 0 Å². The van der Waals surface area contributed by atoms with E-state index in [0.717, 1.165) is 13.0 Å². The fraction of sp³-hybridized carbons (Fsp3) is 0.423. The number of carbonyl (C=O) groups excluding carboxylic acids is 1. The van der Waals surface area contributed by atoms with Gasteiger partial charge in [-0.2, -0.15) is 0 Å². The highest BCUT2D eigenvalue weighted by Gasteiger charge is 2.39. The van der Waals surface area contributed by atoms with Gasteiger partial charge >= 0.3 is 5.69 Å². The molecule has 10 heteroatoms. The number of fused-ring (bicyclic) bond motifs is 1. The molecule has 36 heavy (non-hydrogen) atoms. The number of aromatic nitrogens is 2. The van der Waals surface area contributed by atoms with E-state index in [1.54, 1.807) is 42.5 Å². The van der Waals surface area contributed by atoms with Crippen molar-refractivity contribution in [2.24, 2.45) is 0 Å². The number of aromatic amines is 1. The van der Waals surface area contributed by atoms with E-state index in [4.69, 9.17) is 11.6 Å². The van der Waals surface area contributed by atoms with Gasteiger partial charge in [0.15, 0.2) is 0 Å². The lowest BCUT2D eigenvalue weighted by Crippen LogP contribution is -2.42. The summed E-state index contributed by atoms with van der Waals surface area (Å²) in [6.07, 6.45) is 1.53. The second kappa shape index (κ2) is 9.78. The van der Waals surface area contributed by atoms with Gasteiger partial charge in [0, 0.05) is 38.0 Å². The Morgan fingerprint density at radius 1 is 1.11 bits per heavy atom. The third kappa shape index (κ3) is 5.08. The van der Waals surface area contributed by atoms with Gasteiger partial charge in [-0.05, 0) is 49.1 Å². The molecule has 1 aliphatic heterocycles. The van der Waals surface area contributed by atoms with E-state index in [9.17, 15) is 23.2 Å². The number of amides is 1. The number of likely N-dealkylation sites (tertiary alicyclic amines) is 1. The van der Waals surface area contributed by atoms with Crippen LogP contribution in [-0.4, -0.2) is 51.5 Å². The van der Waals surface area contributed by atoms with E-state index in [2.05, 4.69) is 15.2 Å². The molecule has 0 bridgehead atoms. The topological polar surface area (TPSA) is 87.2 Å². The molecule has 2 aliphatic rings. The van der Waals surface area contributed by atoms with E-state index in [-0.39, 0.29) is 37.4 Å². The first-order valence-corrected chi connectivity index (χ1v) is 12.5. The Labute approximate surface area is 211 Å². The van der Waals surface area contributed by atoms with Gasteiger partial charge in [-0.1, -0.05) is 29.8 Å². The van der Waals surface area contributed by atoms with Gasteiger partial charge in [0.05, 0.1) is 28.0 Å². The molecule has 7 nitrogen and oxygen atoms in total. The molecule has 1 atom stereocenters. The maximum Gasteiger partial charge on any atom is 0.329 e. The van der Waals surface area contributed by atoms with E-state index in [1.807, 2.05) is 0 Å². The number of H-pyrrole nitrogens is 1. The summed E-state index contributed by atoms with van der Waals surface area (Å²) in [5, 5.41) is 3.72. The number of hydrogen-bond donors (Lipinski definition) is 2. The van der Waals surface area contributed by atoms with Crippen molar-refractivity contribution >= 4 is 28.4 Å². The molecule has 0 spiro atoms. The highest BCUT2D eigenvalue weighted by atomic mass is 35.5. The second-order valence-corrected chi connectivity index (χ2v) is 10.1. The average Bonchev–Trinajstić information content (AvgIpc) is 3.31. The summed E-state index contributed by atoms with van der Waals surface area (Å²) in [5.41, 5.74) is 0.493. The van der Waals surface area contributed by atoms with Crippen LogP contribution in [0, 0.1) is 0 Å². The predicted octanol–water partition coefficient (Wildman–Crippen LogP) is 3.77. The van der Waals surface area contributed by atoms with Crippen LogP contribution in [-0.2, 0) is 6.54 Å². The fourth-order valence-electron chi connectivity index (χ4n) is 5.32. The fourth-order valence-corrected chi connectivity index (χ4v) is 5.52. The third-order valence-corrected chi connectivity index (χ3v) is 7.61. The van der Waals surface area contributed by atoms with Crippen LogP contribution in [0.5, 0.6) is 0 Å². The zero-order chi connectivity index (χ0) is 25.4. The minimum absolute atomic E-state index is 0.0821. The average molecular weight is 517 g/mol.